The standard InChI is InChI=1S/C9H17NO3S/c1-6(2)7(5-14)9(13)10-4-3-8(11)12/h6-7,14H,3-5H2,1-2H3,(H,10,13)(H,11,12). The second-order valence-corrected chi connectivity index (χ2v) is 3.83. The Kier molecular flexibility index (Phi) is 6.36. The van der Waals surface area contributed by atoms with Crippen LogP contribution in [0.1, 0.15) is 20.3 Å². The number of amides is 1. The summed E-state index contributed by atoms with van der Waals surface area (Å²) in [6.45, 7) is 4.07. The Balaban J connectivity index is 3.87. The summed E-state index contributed by atoms with van der Waals surface area (Å²) < 4.78 is 0. The fraction of sp³-hybridized carbons (Fsp3) is 0.778. The smallest absolute Gasteiger partial charge is 0.305 e. The van der Waals surface area contributed by atoms with E-state index < -0.39 is 5.97 Å². The van der Waals surface area contributed by atoms with E-state index in [-0.39, 0.29) is 30.7 Å². The van der Waals surface area contributed by atoms with E-state index in [1.165, 1.54) is 0 Å². The summed E-state index contributed by atoms with van der Waals surface area (Å²) in [4.78, 5) is 21.6. The van der Waals surface area contributed by atoms with Gasteiger partial charge in [-0.25, -0.2) is 0 Å². The molecule has 1 atom stereocenters. The van der Waals surface area contributed by atoms with Crippen molar-refractivity contribution in [3.05, 3.63) is 0 Å². The number of hydrogen-bond donors (Lipinski definition) is 3. The minimum absolute atomic E-state index is 0.0386. The number of carboxylic acids is 1. The molecule has 0 aliphatic rings. The van der Waals surface area contributed by atoms with Gasteiger partial charge >= 0.3 is 5.97 Å². The number of carboxylic acid groups (broad SMARTS) is 1. The summed E-state index contributed by atoms with van der Waals surface area (Å²) >= 11 is 4.08. The van der Waals surface area contributed by atoms with Crippen molar-refractivity contribution in [2.75, 3.05) is 12.3 Å². The van der Waals surface area contributed by atoms with Gasteiger partial charge in [-0.1, -0.05) is 13.8 Å². The van der Waals surface area contributed by atoms with Crippen LogP contribution in [-0.4, -0.2) is 29.3 Å². The van der Waals surface area contributed by atoms with Crippen LogP contribution in [0.2, 0.25) is 0 Å². The van der Waals surface area contributed by atoms with Gasteiger partial charge in [0.15, 0.2) is 0 Å². The van der Waals surface area contributed by atoms with Crippen molar-refractivity contribution in [2.45, 2.75) is 20.3 Å². The molecular formula is C9H17NO3S. The molecule has 0 spiro atoms. The lowest BCUT2D eigenvalue weighted by Gasteiger charge is -2.17. The zero-order chi connectivity index (χ0) is 11.1. The monoisotopic (exact) mass is 219 g/mol. The number of nitrogens with one attached hydrogen (secondary N) is 1. The van der Waals surface area contributed by atoms with E-state index in [0.717, 1.165) is 0 Å². The van der Waals surface area contributed by atoms with E-state index in [4.69, 9.17) is 5.11 Å². The molecular weight excluding hydrogens is 202 g/mol. The first-order chi connectivity index (χ1) is 6.49. The van der Waals surface area contributed by atoms with Gasteiger partial charge in [0.05, 0.1) is 6.42 Å². The molecule has 0 aromatic carbocycles. The predicted octanol–water partition coefficient (Wildman–Crippen LogP) is 0.779. The third-order valence-corrected chi connectivity index (χ3v) is 2.37. The SMILES string of the molecule is CC(C)C(CS)C(=O)NCCC(=O)O. The Morgan fingerprint density at radius 2 is 2.00 bits per heavy atom. The van der Waals surface area contributed by atoms with E-state index >= 15 is 0 Å². The van der Waals surface area contributed by atoms with Crippen LogP contribution >= 0.6 is 12.6 Å². The average Bonchev–Trinajstić information content (AvgIpc) is 2.03. The van der Waals surface area contributed by atoms with Crippen molar-refractivity contribution >= 4 is 24.5 Å². The molecule has 0 heterocycles. The summed E-state index contributed by atoms with van der Waals surface area (Å²) in [5.41, 5.74) is 0. The minimum atomic E-state index is -0.905. The van der Waals surface area contributed by atoms with Crippen LogP contribution in [0.4, 0.5) is 0 Å². The zero-order valence-corrected chi connectivity index (χ0v) is 9.38. The van der Waals surface area contributed by atoms with Crippen LogP contribution in [0, 0.1) is 11.8 Å². The van der Waals surface area contributed by atoms with Gasteiger partial charge in [0.1, 0.15) is 0 Å². The van der Waals surface area contributed by atoms with Crippen LogP contribution < -0.4 is 5.32 Å². The fourth-order valence-corrected chi connectivity index (χ4v) is 1.61. The van der Waals surface area contributed by atoms with E-state index in [0.29, 0.717) is 5.75 Å². The molecule has 14 heavy (non-hydrogen) atoms. The zero-order valence-electron chi connectivity index (χ0n) is 8.49. The van der Waals surface area contributed by atoms with Crippen molar-refractivity contribution in [2.24, 2.45) is 11.8 Å². The number of carbonyl (C=O) groups excluding carboxylic acids is 1. The first-order valence-electron chi connectivity index (χ1n) is 4.59. The Labute approximate surface area is 89.5 Å². The van der Waals surface area contributed by atoms with Gasteiger partial charge < -0.3 is 10.4 Å². The van der Waals surface area contributed by atoms with Gasteiger partial charge in [-0.05, 0) is 5.92 Å². The van der Waals surface area contributed by atoms with Gasteiger partial charge in [0, 0.05) is 18.2 Å². The Hall–Kier alpha value is -0.710. The maximum absolute atomic E-state index is 11.4. The normalized spacial score (nSPS) is 12.6. The third-order valence-electron chi connectivity index (χ3n) is 1.98. The molecule has 2 N–H and O–H groups in total. The Bertz CT molecular complexity index is 206. The second-order valence-electron chi connectivity index (χ2n) is 3.47. The lowest BCUT2D eigenvalue weighted by molar-refractivity contribution is -0.137. The van der Waals surface area contributed by atoms with Crippen LogP contribution in [0.3, 0.4) is 0 Å². The topological polar surface area (TPSA) is 66.4 Å². The molecule has 82 valence electrons. The van der Waals surface area contributed by atoms with Crippen molar-refractivity contribution < 1.29 is 14.7 Å². The van der Waals surface area contributed by atoms with Crippen molar-refractivity contribution in [3.8, 4) is 0 Å². The van der Waals surface area contributed by atoms with Gasteiger partial charge in [-0.3, -0.25) is 9.59 Å². The second kappa shape index (κ2) is 6.70. The highest BCUT2D eigenvalue weighted by molar-refractivity contribution is 7.80. The Morgan fingerprint density at radius 1 is 1.43 bits per heavy atom. The molecule has 0 saturated carbocycles. The maximum atomic E-state index is 11.4. The summed E-state index contributed by atoms with van der Waals surface area (Å²) in [6, 6.07) is 0. The number of hydrogen-bond acceptors (Lipinski definition) is 3. The number of thiol groups is 1. The summed E-state index contributed by atoms with van der Waals surface area (Å²) in [6.07, 6.45) is -0.0386. The molecule has 0 aromatic heterocycles. The summed E-state index contributed by atoms with van der Waals surface area (Å²) in [5, 5.41) is 10.9. The van der Waals surface area contributed by atoms with E-state index in [1.807, 2.05) is 13.8 Å². The lowest BCUT2D eigenvalue weighted by atomic mass is 9.97. The molecule has 0 bridgehead atoms. The number of carbonyl (C=O) groups is 2. The molecule has 0 saturated heterocycles. The van der Waals surface area contributed by atoms with Gasteiger partial charge in [0.25, 0.3) is 0 Å². The Morgan fingerprint density at radius 3 is 2.36 bits per heavy atom. The average molecular weight is 219 g/mol. The molecule has 4 nitrogen and oxygen atoms in total. The molecule has 0 fully saturated rings. The number of aliphatic carboxylic acids is 1. The minimum Gasteiger partial charge on any atom is -0.481 e. The van der Waals surface area contributed by atoms with Crippen LogP contribution in [0.5, 0.6) is 0 Å². The largest absolute Gasteiger partial charge is 0.481 e. The molecule has 5 heteroatoms. The molecule has 1 amide bonds. The van der Waals surface area contributed by atoms with E-state index in [9.17, 15) is 9.59 Å². The highest BCUT2D eigenvalue weighted by Gasteiger charge is 2.19. The van der Waals surface area contributed by atoms with Crippen LogP contribution in [-0.2, 0) is 9.59 Å². The van der Waals surface area contributed by atoms with E-state index in [1.54, 1.807) is 0 Å². The van der Waals surface area contributed by atoms with Crippen molar-refractivity contribution in [1.82, 2.24) is 5.32 Å². The molecule has 0 radical (unpaired) electrons. The highest BCUT2D eigenvalue weighted by Crippen LogP contribution is 2.12. The van der Waals surface area contributed by atoms with Crippen LogP contribution in [0.15, 0.2) is 0 Å². The van der Waals surface area contributed by atoms with Crippen molar-refractivity contribution in [1.29, 1.82) is 0 Å². The fourth-order valence-electron chi connectivity index (χ4n) is 1.02. The third kappa shape index (κ3) is 5.11. The maximum Gasteiger partial charge on any atom is 0.305 e. The highest BCUT2D eigenvalue weighted by atomic mass is 32.1. The molecule has 1 unspecified atom stereocenters. The van der Waals surface area contributed by atoms with Gasteiger partial charge in [-0.2, -0.15) is 12.6 Å². The molecule has 0 aromatic rings. The first-order valence-corrected chi connectivity index (χ1v) is 5.22. The summed E-state index contributed by atoms with van der Waals surface area (Å²) in [7, 11) is 0. The van der Waals surface area contributed by atoms with E-state index in [2.05, 4.69) is 17.9 Å². The lowest BCUT2D eigenvalue weighted by Crippen LogP contribution is -2.35. The van der Waals surface area contributed by atoms with Gasteiger partial charge in [0.2, 0.25) is 5.91 Å². The molecule has 0 rings (SSSR count). The molecule has 0 aliphatic heterocycles. The first kappa shape index (κ1) is 13.3. The molecule has 0 aliphatic carbocycles. The van der Waals surface area contributed by atoms with Crippen LogP contribution in [0.25, 0.3) is 0 Å². The predicted molar refractivity (Wildman–Crippen MR) is 57.4 cm³/mol. The quantitative estimate of drug-likeness (QED) is 0.578. The summed E-state index contributed by atoms with van der Waals surface area (Å²) in [5.74, 6) is -0.464. The van der Waals surface area contributed by atoms with Gasteiger partial charge in [-0.15, -0.1) is 0 Å². The van der Waals surface area contributed by atoms with Crippen molar-refractivity contribution in [3.63, 3.8) is 0 Å². The number of rotatable bonds is 6.